The summed E-state index contributed by atoms with van der Waals surface area (Å²) < 4.78 is 10.6. The number of carbonyl (C=O) groups excluding carboxylic acids is 3. The van der Waals surface area contributed by atoms with Crippen LogP contribution in [0.2, 0.25) is 0 Å². The Kier molecular flexibility index (Phi) is 5.41. The summed E-state index contributed by atoms with van der Waals surface area (Å²) in [5, 5.41) is 0. The van der Waals surface area contributed by atoms with E-state index < -0.39 is 11.8 Å². The first-order chi connectivity index (χ1) is 15.0. The second kappa shape index (κ2) is 8.31. The van der Waals surface area contributed by atoms with Crippen LogP contribution in [-0.2, 0) is 0 Å². The predicted octanol–water partition coefficient (Wildman–Crippen LogP) is 3.60. The maximum atomic E-state index is 13.5. The molecule has 0 bridgehead atoms. The van der Waals surface area contributed by atoms with E-state index in [0.29, 0.717) is 33.9 Å². The Labute approximate surface area is 179 Å². The number of hydrogen-bond acceptors (Lipinski definition) is 5. The molecule has 7 nitrogen and oxygen atoms in total. The molecular weight excluding hydrogens is 396 g/mol. The van der Waals surface area contributed by atoms with Crippen molar-refractivity contribution in [3.63, 3.8) is 0 Å². The summed E-state index contributed by atoms with van der Waals surface area (Å²) in [6.07, 6.45) is 0. The molecule has 3 aromatic carbocycles. The fourth-order valence-corrected chi connectivity index (χ4v) is 3.50. The molecule has 1 heterocycles. The zero-order valence-corrected chi connectivity index (χ0v) is 17.1. The predicted molar refractivity (Wildman–Crippen MR) is 115 cm³/mol. The lowest BCUT2D eigenvalue weighted by molar-refractivity contribution is 0.0650. The van der Waals surface area contributed by atoms with Crippen LogP contribution in [0.1, 0.15) is 31.1 Å². The largest absolute Gasteiger partial charge is 0.497 e. The minimum Gasteiger partial charge on any atom is -0.497 e. The number of methoxy groups -OCH3 is 2. The van der Waals surface area contributed by atoms with Crippen LogP contribution in [0.4, 0.5) is 5.69 Å². The number of ether oxygens (including phenoxy) is 2. The molecule has 3 amide bonds. The highest BCUT2D eigenvalue weighted by atomic mass is 16.5. The molecule has 3 aromatic rings. The van der Waals surface area contributed by atoms with E-state index in [9.17, 15) is 14.4 Å². The van der Waals surface area contributed by atoms with Gasteiger partial charge in [0.05, 0.1) is 31.0 Å². The summed E-state index contributed by atoms with van der Waals surface area (Å²) in [7, 11) is 3.04. The molecule has 1 aliphatic rings. The number of para-hydroxylation sites is 2. The lowest BCUT2D eigenvalue weighted by atomic mass is 10.1. The SMILES string of the molecule is COc1ccc(C(=O)N(CN2C(=O)c3ccccc3C2=O)c2ccccc2OC)cc1. The van der Waals surface area contributed by atoms with Crippen molar-refractivity contribution in [1.29, 1.82) is 0 Å². The highest BCUT2D eigenvalue weighted by Crippen LogP contribution is 2.31. The zero-order valence-electron chi connectivity index (χ0n) is 17.1. The lowest BCUT2D eigenvalue weighted by Gasteiger charge is -2.28. The van der Waals surface area contributed by atoms with Crippen LogP contribution in [0.15, 0.2) is 72.8 Å². The average Bonchev–Trinajstić information content (AvgIpc) is 3.07. The van der Waals surface area contributed by atoms with Gasteiger partial charge in [-0.1, -0.05) is 24.3 Å². The van der Waals surface area contributed by atoms with Gasteiger partial charge < -0.3 is 9.47 Å². The first-order valence-electron chi connectivity index (χ1n) is 9.59. The standard InChI is InChI=1S/C24H20N2O5/c1-30-17-13-11-16(12-14-17)22(27)25(20-9-5-6-10-21(20)31-2)15-26-23(28)18-7-3-4-8-19(18)24(26)29/h3-14H,15H2,1-2H3. The van der Waals surface area contributed by atoms with Gasteiger partial charge in [-0.3, -0.25) is 24.2 Å². The molecule has 0 saturated carbocycles. The number of fused-ring (bicyclic) bond motifs is 1. The van der Waals surface area contributed by atoms with Gasteiger partial charge >= 0.3 is 0 Å². The molecule has 0 N–H and O–H groups in total. The van der Waals surface area contributed by atoms with E-state index in [1.165, 1.54) is 12.0 Å². The van der Waals surface area contributed by atoms with Crippen molar-refractivity contribution in [3.05, 3.63) is 89.5 Å². The zero-order chi connectivity index (χ0) is 22.0. The molecule has 7 heteroatoms. The van der Waals surface area contributed by atoms with Crippen molar-refractivity contribution in [2.45, 2.75) is 0 Å². The molecule has 31 heavy (non-hydrogen) atoms. The first kappa shape index (κ1) is 20.2. The van der Waals surface area contributed by atoms with E-state index in [1.807, 2.05) is 0 Å². The quantitative estimate of drug-likeness (QED) is 0.574. The van der Waals surface area contributed by atoms with Crippen LogP contribution >= 0.6 is 0 Å². The Morgan fingerprint density at radius 3 is 1.97 bits per heavy atom. The number of rotatable bonds is 6. The molecule has 0 aliphatic carbocycles. The number of anilines is 1. The summed E-state index contributed by atoms with van der Waals surface area (Å²) >= 11 is 0. The molecule has 1 aliphatic heterocycles. The molecule has 0 radical (unpaired) electrons. The van der Waals surface area contributed by atoms with Gasteiger partial charge in [0.2, 0.25) is 0 Å². The van der Waals surface area contributed by atoms with E-state index in [4.69, 9.17) is 9.47 Å². The van der Waals surface area contributed by atoms with Crippen LogP contribution in [0.3, 0.4) is 0 Å². The number of benzene rings is 3. The molecule has 0 atom stereocenters. The monoisotopic (exact) mass is 416 g/mol. The van der Waals surface area contributed by atoms with Crippen LogP contribution in [0.25, 0.3) is 0 Å². The van der Waals surface area contributed by atoms with Crippen molar-refractivity contribution < 1.29 is 23.9 Å². The van der Waals surface area contributed by atoms with E-state index in [-0.39, 0.29) is 12.6 Å². The van der Waals surface area contributed by atoms with Gasteiger partial charge in [0, 0.05) is 5.56 Å². The number of nitrogens with zero attached hydrogens (tertiary/aromatic N) is 2. The second-order valence-corrected chi connectivity index (χ2v) is 6.86. The Morgan fingerprint density at radius 1 is 0.806 bits per heavy atom. The van der Waals surface area contributed by atoms with Crippen molar-refractivity contribution in [2.75, 3.05) is 25.8 Å². The summed E-state index contributed by atoms with van der Waals surface area (Å²) in [5.74, 6) is -0.212. The van der Waals surface area contributed by atoms with Crippen molar-refractivity contribution in [1.82, 2.24) is 4.90 Å². The maximum absolute atomic E-state index is 13.5. The summed E-state index contributed by atoms with van der Waals surface area (Å²) in [5.41, 5.74) is 1.47. The van der Waals surface area contributed by atoms with Gasteiger partial charge in [-0.05, 0) is 48.5 Å². The molecule has 0 spiro atoms. The topological polar surface area (TPSA) is 76.2 Å². The molecule has 4 rings (SSSR count). The molecule has 0 aromatic heterocycles. The number of imide groups is 1. The van der Waals surface area contributed by atoms with Crippen molar-refractivity contribution in [3.8, 4) is 11.5 Å². The molecular formula is C24H20N2O5. The van der Waals surface area contributed by atoms with Crippen molar-refractivity contribution in [2.24, 2.45) is 0 Å². The van der Waals surface area contributed by atoms with Crippen LogP contribution in [0, 0.1) is 0 Å². The minimum atomic E-state index is -0.442. The third-order valence-electron chi connectivity index (χ3n) is 5.12. The third kappa shape index (κ3) is 3.61. The normalized spacial score (nSPS) is 12.5. The Balaban J connectivity index is 1.73. The van der Waals surface area contributed by atoms with E-state index in [1.54, 1.807) is 79.9 Å². The fourth-order valence-electron chi connectivity index (χ4n) is 3.50. The van der Waals surface area contributed by atoms with Gasteiger partial charge in [-0.25, -0.2) is 0 Å². The van der Waals surface area contributed by atoms with Gasteiger partial charge in [0.15, 0.2) is 0 Å². The van der Waals surface area contributed by atoms with Crippen molar-refractivity contribution >= 4 is 23.4 Å². The first-order valence-corrected chi connectivity index (χ1v) is 9.59. The minimum absolute atomic E-state index is 0.252. The van der Waals surface area contributed by atoms with E-state index in [2.05, 4.69) is 0 Å². The van der Waals surface area contributed by atoms with Gasteiger partial charge in [-0.15, -0.1) is 0 Å². The molecule has 0 unspecified atom stereocenters. The number of hydrogen-bond donors (Lipinski definition) is 0. The highest BCUT2D eigenvalue weighted by Gasteiger charge is 2.37. The van der Waals surface area contributed by atoms with Gasteiger partial charge in [0.1, 0.15) is 18.2 Å². The van der Waals surface area contributed by atoms with Crippen LogP contribution in [0.5, 0.6) is 11.5 Å². The highest BCUT2D eigenvalue weighted by molar-refractivity contribution is 6.22. The lowest BCUT2D eigenvalue weighted by Crippen LogP contribution is -2.44. The third-order valence-corrected chi connectivity index (χ3v) is 5.12. The fraction of sp³-hybridized carbons (Fsp3) is 0.125. The molecule has 0 saturated heterocycles. The Hall–Kier alpha value is -4.13. The summed E-state index contributed by atoms with van der Waals surface area (Å²) in [6.45, 7) is -0.252. The smallest absolute Gasteiger partial charge is 0.263 e. The molecule has 156 valence electrons. The Bertz CT molecular complexity index is 1120. The maximum Gasteiger partial charge on any atom is 0.263 e. The number of amides is 3. The Morgan fingerprint density at radius 2 is 1.39 bits per heavy atom. The van der Waals surface area contributed by atoms with Crippen LogP contribution in [-0.4, -0.2) is 43.5 Å². The summed E-state index contributed by atoms with van der Waals surface area (Å²) in [4.78, 5) is 41.7. The van der Waals surface area contributed by atoms with E-state index >= 15 is 0 Å². The number of carbonyl (C=O) groups is 3. The molecule has 0 fully saturated rings. The van der Waals surface area contributed by atoms with E-state index in [0.717, 1.165) is 4.90 Å². The van der Waals surface area contributed by atoms with Gasteiger partial charge in [0.25, 0.3) is 17.7 Å². The second-order valence-electron chi connectivity index (χ2n) is 6.86. The summed E-state index contributed by atoms with van der Waals surface area (Å²) in [6, 6.07) is 20.2. The van der Waals surface area contributed by atoms with Gasteiger partial charge in [-0.2, -0.15) is 0 Å². The van der Waals surface area contributed by atoms with Crippen LogP contribution < -0.4 is 14.4 Å². The average molecular weight is 416 g/mol.